The van der Waals surface area contributed by atoms with E-state index in [1.807, 2.05) is 38.1 Å². The first-order valence-corrected chi connectivity index (χ1v) is 8.25. The Labute approximate surface area is 148 Å². The van der Waals surface area contributed by atoms with Gasteiger partial charge in [-0.2, -0.15) is 0 Å². The number of hydrogen-bond acceptors (Lipinski definition) is 5. The van der Waals surface area contributed by atoms with Gasteiger partial charge in [0.05, 0.1) is 26.1 Å². The van der Waals surface area contributed by atoms with Crippen molar-refractivity contribution in [1.82, 2.24) is 10.3 Å². The second-order valence-electron chi connectivity index (χ2n) is 5.93. The molecule has 0 saturated carbocycles. The molecule has 0 atom stereocenters. The third-order valence-electron chi connectivity index (χ3n) is 3.61. The summed E-state index contributed by atoms with van der Waals surface area (Å²) in [7, 11) is 3.25. The van der Waals surface area contributed by atoms with Crippen molar-refractivity contribution in [3.05, 3.63) is 47.8 Å². The van der Waals surface area contributed by atoms with Crippen LogP contribution in [0.25, 0.3) is 0 Å². The number of anilines is 1. The van der Waals surface area contributed by atoms with Crippen LogP contribution in [0.2, 0.25) is 0 Å². The first kappa shape index (κ1) is 18.6. The molecular weight excluding hydrogens is 318 g/mol. The van der Waals surface area contributed by atoms with Crippen LogP contribution in [0.5, 0.6) is 11.5 Å². The fraction of sp³-hybridized carbons (Fsp3) is 0.368. The number of benzene rings is 1. The standard InChI is InChI=1S/C19H25N3O3/c1-13(2)22-19(23)16-7-6-15(12-21-16)20-10-9-14-5-8-17(24-3)18(11-14)25-4/h5-8,11-13,20H,9-10H2,1-4H3,(H,22,23). The van der Waals surface area contributed by atoms with Crippen LogP contribution in [0.15, 0.2) is 36.5 Å². The summed E-state index contributed by atoms with van der Waals surface area (Å²) in [4.78, 5) is 16.1. The van der Waals surface area contributed by atoms with Crippen LogP contribution in [0.3, 0.4) is 0 Å². The molecule has 25 heavy (non-hydrogen) atoms. The van der Waals surface area contributed by atoms with Crippen LogP contribution in [-0.4, -0.2) is 37.7 Å². The number of amides is 1. The molecule has 134 valence electrons. The quantitative estimate of drug-likeness (QED) is 0.771. The number of nitrogens with zero attached hydrogens (tertiary/aromatic N) is 1. The van der Waals surface area contributed by atoms with Crippen LogP contribution < -0.4 is 20.1 Å². The van der Waals surface area contributed by atoms with Crippen molar-refractivity contribution >= 4 is 11.6 Å². The Hall–Kier alpha value is -2.76. The number of hydrogen-bond donors (Lipinski definition) is 2. The molecule has 0 radical (unpaired) electrons. The number of aromatic nitrogens is 1. The number of ether oxygens (including phenoxy) is 2. The highest BCUT2D eigenvalue weighted by Gasteiger charge is 2.08. The van der Waals surface area contributed by atoms with E-state index in [-0.39, 0.29) is 11.9 Å². The van der Waals surface area contributed by atoms with Gasteiger partial charge in [0.15, 0.2) is 11.5 Å². The van der Waals surface area contributed by atoms with E-state index in [1.165, 1.54) is 0 Å². The van der Waals surface area contributed by atoms with Gasteiger partial charge < -0.3 is 20.1 Å². The van der Waals surface area contributed by atoms with Gasteiger partial charge in [0, 0.05) is 12.6 Å². The Morgan fingerprint density at radius 1 is 1.12 bits per heavy atom. The highest BCUT2D eigenvalue weighted by atomic mass is 16.5. The van der Waals surface area contributed by atoms with E-state index in [9.17, 15) is 4.79 Å². The van der Waals surface area contributed by atoms with E-state index >= 15 is 0 Å². The van der Waals surface area contributed by atoms with Crippen LogP contribution in [0.4, 0.5) is 5.69 Å². The summed E-state index contributed by atoms with van der Waals surface area (Å²) < 4.78 is 10.5. The molecule has 0 aliphatic heterocycles. The summed E-state index contributed by atoms with van der Waals surface area (Å²) in [6.45, 7) is 4.58. The predicted molar refractivity (Wildman–Crippen MR) is 98.6 cm³/mol. The van der Waals surface area contributed by atoms with Gasteiger partial charge in [-0.1, -0.05) is 6.07 Å². The molecule has 1 aromatic heterocycles. The predicted octanol–water partition coefficient (Wildman–Crippen LogP) is 2.89. The summed E-state index contributed by atoms with van der Waals surface area (Å²) in [5.74, 6) is 1.28. The topological polar surface area (TPSA) is 72.5 Å². The van der Waals surface area contributed by atoms with Gasteiger partial charge in [-0.3, -0.25) is 4.79 Å². The number of methoxy groups -OCH3 is 2. The molecule has 1 aromatic carbocycles. The highest BCUT2D eigenvalue weighted by molar-refractivity contribution is 5.92. The molecule has 1 heterocycles. The summed E-state index contributed by atoms with van der Waals surface area (Å²) in [5, 5.41) is 6.12. The maximum atomic E-state index is 11.9. The Morgan fingerprint density at radius 3 is 2.48 bits per heavy atom. The monoisotopic (exact) mass is 343 g/mol. The van der Waals surface area contributed by atoms with Gasteiger partial charge in [-0.15, -0.1) is 0 Å². The molecule has 0 spiro atoms. The third-order valence-corrected chi connectivity index (χ3v) is 3.61. The van der Waals surface area contributed by atoms with Crippen molar-refractivity contribution in [2.45, 2.75) is 26.3 Å². The molecule has 0 aliphatic rings. The first-order chi connectivity index (χ1) is 12.0. The molecule has 1 amide bonds. The number of carbonyl (C=O) groups excluding carboxylic acids is 1. The average molecular weight is 343 g/mol. The van der Waals surface area contributed by atoms with Crippen molar-refractivity contribution in [1.29, 1.82) is 0 Å². The van der Waals surface area contributed by atoms with Gasteiger partial charge in [0.25, 0.3) is 5.91 Å². The fourth-order valence-electron chi connectivity index (χ4n) is 2.36. The van der Waals surface area contributed by atoms with Gasteiger partial charge >= 0.3 is 0 Å². The average Bonchev–Trinajstić information content (AvgIpc) is 2.61. The third kappa shape index (κ3) is 5.38. The number of pyridine rings is 1. The highest BCUT2D eigenvalue weighted by Crippen LogP contribution is 2.27. The lowest BCUT2D eigenvalue weighted by Gasteiger charge is -2.11. The number of carbonyl (C=O) groups is 1. The van der Waals surface area contributed by atoms with E-state index in [2.05, 4.69) is 15.6 Å². The number of nitrogens with one attached hydrogen (secondary N) is 2. The largest absolute Gasteiger partial charge is 0.493 e. The first-order valence-electron chi connectivity index (χ1n) is 8.25. The zero-order valence-corrected chi connectivity index (χ0v) is 15.1. The normalized spacial score (nSPS) is 10.4. The number of rotatable bonds is 8. The Kier molecular flexibility index (Phi) is 6.62. The van der Waals surface area contributed by atoms with Crippen LogP contribution in [0, 0.1) is 0 Å². The lowest BCUT2D eigenvalue weighted by Crippen LogP contribution is -2.30. The fourth-order valence-corrected chi connectivity index (χ4v) is 2.36. The zero-order chi connectivity index (χ0) is 18.2. The van der Waals surface area contributed by atoms with E-state index in [0.29, 0.717) is 5.69 Å². The Morgan fingerprint density at radius 2 is 1.88 bits per heavy atom. The van der Waals surface area contributed by atoms with Crippen molar-refractivity contribution in [2.24, 2.45) is 0 Å². The van der Waals surface area contributed by atoms with Crippen molar-refractivity contribution < 1.29 is 14.3 Å². The molecule has 0 unspecified atom stereocenters. The molecule has 6 nitrogen and oxygen atoms in total. The second-order valence-corrected chi connectivity index (χ2v) is 5.93. The SMILES string of the molecule is COc1ccc(CCNc2ccc(C(=O)NC(C)C)nc2)cc1OC. The van der Waals surface area contributed by atoms with Crippen molar-refractivity contribution in [3.8, 4) is 11.5 Å². The van der Waals surface area contributed by atoms with E-state index in [4.69, 9.17) is 9.47 Å². The van der Waals surface area contributed by atoms with Crippen LogP contribution >= 0.6 is 0 Å². The minimum absolute atomic E-state index is 0.0913. The molecule has 2 N–H and O–H groups in total. The summed E-state index contributed by atoms with van der Waals surface area (Å²) in [5.41, 5.74) is 2.44. The molecule has 2 rings (SSSR count). The molecule has 0 aliphatic carbocycles. The molecule has 6 heteroatoms. The van der Waals surface area contributed by atoms with Gasteiger partial charge in [-0.05, 0) is 50.1 Å². The zero-order valence-electron chi connectivity index (χ0n) is 15.1. The van der Waals surface area contributed by atoms with Crippen molar-refractivity contribution in [2.75, 3.05) is 26.1 Å². The van der Waals surface area contributed by atoms with Crippen LogP contribution in [0.1, 0.15) is 29.9 Å². The molecule has 0 fully saturated rings. The molecular formula is C19H25N3O3. The second kappa shape index (κ2) is 8.92. The summed E-state index contributed by atoms with van der Waals surface area (Å²) >= 11 is 0. The maximum Gasteiger partial charge on any atom is 0.270 e. The molecule has 2 aromatic rings. The van der Waals surface area contributed by atoms with Gasteiger partial charge in [0.1, 0.15) is 5.69 Å². The summed E-state index contributed by atoms with van der Waals surface area (Å²) in [6.07, 6.45) is 2.50. The minimum Gasteiger partial charge on any atom is -0.493 e. The Balaban J connectivity index is 1.88. The lowest BCUT2D eigenvalue weighted by molar-refractivity contribution is 0.0938. The minimum atomic E-state index is -0.160. The van der Waals surface area contributed by atoms with E-state index in [1.54, 1.807) is 26.5 Å². The Bertz CT molecular complexity index is 700. The van der Waals surface area contributed by atoms with E-state index < -0.39 is 0 Å². The molecule has 0 bridgehead atoms. The summed E-state index contributed by atoms with van der Waals surface area (Å²) in [6, 6.07) is 9.55. The van der Waals surface area contributed by atoms with Crippen molar-refractivity contribution in [3.63, 3.8) is 0 Å². The molecule has 0 saturated heterocycles. The maximum absolute atomic E-state index is 11.9. The van der Waals surface area contributed by atoms with Gasteiger partial charge in [-0.25, -0.2) is 4.98 Å². The van der Waals surface area contributed by atoms with E-state index in [0.717, 1.165) is 35.7 Å². The smallest absolute Gasteiger partial charge is 0.270 e. The van der Waals surface area contributed by atoms with Crippen LogP contribution in [-0.2, 0) is 6.42 Å². The van der Waals surface area contributed by atoms with Gasteiger partial charge in [0.2, 0.25) is 0 Å². The lowest BCUT2D eigenvalue weighted by atomic mass is 10.1.